The lowest BCUT2D eigenvalue weighted by Crippen LogP contribution is -2.13. The molecule has 0 fully saturated rings. The maximum absolute atomic E-state index is 12.8. The Kier molecular flexibility index (Phi) is 5.17. The lowest BCUT2D eigenvalue weighted by atomic mass is 10.2. The first-order valence-corrected chi connectivity index (χ1v) is 8.64. The van der Waals surface area contributed by atoms with Crippen molar-refractivity contribution in [2.24, 2.45) is 7.05 Å². The molecule has 0 unspecified atom stereocenters. The van der Waals surface area contributed by atoms with E-state index in [1.165, 1.54) is 7.05 Å². The Morgan fingerprint density at radius 2 is 1.81 bits per heavy atom. The van der Waals surface area contributed by atoms with E-state index >= 15 is 0 Å². The van der Waals surface area contributed by atoms with Crippen molar-refractivity contribution in [1.29, 1.82) is 0 Å². The third kappa shape index (κ3) is 4.64. The summed E-state index contributed by atoms with van der Waals surface area (Å²) in [6, 6.07) is 7.58. The molecule has 2 aromatic heterocycles. The standard InChI is InChI=1S/C15H15F3N8S/c1-8-3-5-9(6-4-8)20-13-22-10(21-12(19)23-13)7-27-14-25-24-11(26(14)2)15(16,17)18/h3-6H,7H2,1-2H3,(H3,19,20,21,22,23). The zero-order valence-corrected chi connectivity index (χ0v) is 15.1. The molecule has 0 saturated heterocycles. The van der Waals surface area contributed by atoms with E-state index in [0.717, 1.165) is 27.6 Å². The average molecular weight is 396 g/mol. The van der Waals surface area contributed by atoms with Crippen LogP contribution >= 0.6 is 11.8 Å². The first-order valence-electron chi connectivity index (χ1n) is 7.66. The number of aromatic nitrogens is 6. The van der Waals surface area contributed by atoms with Crippen molar-refractivity contribution in [3.63, 3.8) is 0 Å². The number of halogens is 3. The van der Waals surface area contributed by atoms with Crippen LogP contribution in [-0.2, 0) is 19.0 Å². The minimum absolute atomic E-state index is 0.00385. The largest absolute Gasteiger partial charge is 0.451 e. The number of nitrogens with two attached hydrogens (primary N) is 1. The van der Waals surface area contributed by atoms with Gasteiger partial charge in [0.05, 0.1) is 5.75 Å². The highest BCUT2D eigenvalue weighted by Gasteiger charge is 2.37. The molecule has 3 N–H and O–H groups in total. The number of nitrogens with zero attached hydrogens (tertiary/aromatic N) is 6. The molecule has 0 radical (unpaired) electrons. The van der Waals surface area contributed by atoms with Gasteiger partial charge < -0.3 is 15.6 Å². The van der Waals surface area contributed by atoms with E-state index in [9.17, 15) is 13.2 Å². The molecule has 0 saturated carbocycles. The van der Waals surface area contributed by atoms with Gasteiger partial charge in [0.25, 0.3) is 0 Å². The number of benzene rings is 1. The molecule has 142 valence electrons. The Hall–Kier alpha value is -2.89. The van der Waals surface area contributed by atoms with E-state index in [0.29, 0.717) is 5.82 Å². The lowest BCUT2D eigenvalue weighted by Gasteiger charge is -2.08. The molecule has 12 heteroatoms. The van der Waals surface area contributed by atoms with E-state index in [1.807, 2.05) is 31.2 Å². The van der Waals surface area contributed by atoms with E-state index in [1.54, 1.807) is 0 Å². The van der Waals surface area contributed by atoms with Crippen LogP contribution in [0, 0.1) is 6.92 Å². The fraction of sp³-hybridized carbons (Fsp3) is 0.267. The first-order chi connectivity index (χ1) is 12.7. The highest BCUT2D eigenvalue weighted by atomic mass is 32.2. The summed E-state index contributed by atoms with van der Waals surface area (Å²) in [6.07, 6.45) is -4.57. The smallest absolute Gasteiger partial charge is 0.368 e. The van der Waals surface area contributed by atoms with Crippen molar-refractivity contribution in [2.75, 3.05) is 11.1 Å². The Morgan fingerprint density at radius 1 is 1.11 bits per heavy atom. The normalized spacial score (nSPS) is 11.6. The monoisotopic (exact) mass is 396 g/mol. The summed E-state index contributed by atoms with van der Waals surface area (Å²) in [4.78, 5) is 12.3. The van der Waals surface area contributed by atoms with Crippen LogP contribution in [0.1, 0.15) is 17.2 Å². The number of thioether (sulfide) groups is 1. The third-order valence-corrected chi connectivity index (χ3v) is 4.44. The molecule has 0 spiro atoms. The minimum atomic E-state index is -4.57. The van der Waals surface area contributed by atoms with Crippen molar-refractivity contribution in [2.45, 2.75) is 24.0 Å². The molecular formula is C15H15F3N8S. The quantitative estimate of drug-likeness (QED) is 0.634. The van der Waals surface area contributed by atoms with Gasteiger partial charge in [0.1, 0.15) is 5.82 Å². The fourth-order valence-corrected chi connectivity index (χ4v) is 2.91. The predicted molar refractivity (Wildman–Crippen MR) is 94.3 cm³/mol. The van der Waals surface area contributed by atoms with Crippen LogP contribution in [0.5, 0.6) is 0 Å². The summed E-state index contributed by atoms with van der Waals surface area (Å²) in [5.41, 5.74) is 7.58. The molecule has 3 aromatic rings. The predicted octanol–water partition coefficient (Wildman–Crippen LogP) is 2.95. The molecule has 0 aliphatic rings. The van der Waals surface area contributed by atoms with Gasteiger partial charge in [-0.15, -0.1) is 10.2 Å². The Balaban J connectivity index is 1.73. The number of alkyl halides is 3. The van der Waals surface area contributed by atoms with Crippen LogP contribution < -0.4 is 11.1 Å². The fourth-order valence-electron chi connectivity index (χ4n) is 2.14. The highest BCUT2D eigenvalue weighted by Crippen LogP contribution is 2.30. The van der Waals surface area contributed by atoms with E-state index in [-0.39, 0.29) is 22.8 Å². The Morgan fingerprint density at radius 3 is 2.44 bits per heavy atom. The maximum Gasteiger partial charge on any atom is 0.451 e. The molecule has 3 rings (SSSR count). The summed E-state index contributed by atoms with van der Waals surface area (Å²) in [7, 11) is 1.25. The highest BCUT2D eigenvalue weighted by molar-refractivity contribution is 7.98. The topological polar surface area (TPSA) is 107 Å². The van der Waals surface area contributed by atoms with Gasteiger partial charge in [0.15, 0.2) is 5.16 Å². The zero-order valence-electron chi connectivity index (χ0n) is 14.3. The summed E-state index contributed by atoms with van der Waals surface area (Å²) in [6.45, 7) is 1.97. The SMILES string of the molecule is Cc1ccc(Nc2nc(N)nc(CSc3nnc(C(F)(F)F)n3C)n2)cc1. The van der Waals surface area contributed by atoms with E-state index in [4.69, 9.17) is 5.73 Å². The minimum Gasteiger partial charge on any atom is -0.368 e. The second-order valence-electron chi connectivity index (χ2n) is 5.58. The van der Waals surface area contributed by atoms with E-state index in [2.05, 4.69) is 30.5 Å². The Bertz CT molecular complexity index is 939. The molecule has 1 aromatic carbocycles. The molecule has 0 amide bonds. The van der Waals surface area contributed by atoms with Crippen LogP contribution in [0.3, 0.4) is 0 Å². The number of rotatable bonds is 5. The van der Waals surface area contributed by atoms with Crippen LogP contribution in [0.25, 0.3) is 0 Å². The van der Waals surface area contributed by atoms with Crippen molar-refractivity contribution in [1.82, 2.24) is 29.7 Å². The third-order valence-electron chi connectivity index (χ3n) is 3.43. The number of anilines is 3. The van der Waals surface area contributed by atoms with Gasteiger partial charge in [-0.1, -0.05) is 29.5 Å². The Labute approximate surface area is 156 Å². The van der Waals surface area contributed by atoms with Gasteiger partial charge in [0, 0.05) is 12.7 Å². The van der Waals surface area contributed by atoms with Gasteiger partial charge in [0.2, 0.25) is 17.7 Å². The van der Waals surface area contributed by atoms with E-state index < -0.39 is 12.0 Å². The van der Waals surface area contributed by atoms with Crippen LogP contribution in [0.15, 0.2) is 29.4 Å². The first kappa shape index (κ1) is 18.9. The maximum atomic E-state index is 12.8. The zero-order chi connectivity index (χ0) is 19.6. The number of nitrogen functional groups attached to an aromatic ring is 1. The molecular weight excluding hydrogens is 381 g/mol. The lowest BCUT2D eigenvalue weighted by molar-refractivity contribution is -0.147. The molecule has 0 atom stereocenters. The average Bonchev–Trinajstić information content (AvgIpc) is 2.95. The molecule has 2 heterocycles. The van der Waals surface area contributed by atoms with Crippen molar-refractivity contribution in [3.8, 4) is 0 Å². The van der Waals surface area contributed by atoms with Crippen molar-refractivity contribution in [3.05, 3.63) is 41.5 Å². The second-order valence-corrected chi connectivity index (χ2v) is 6.52. The second kappa shape index (κ2) is 7.39. The van der Waals surface area contributed by atoms with Gasteiger partial charge in [-0.05, 0) is 19.1 Å². The van der Waals surface area contributed by atoms with Crippen molar-refractivity contribution >= 4 is 29.3 Å². The summed E-state index contributed by atoms with van der Waals surface area (Å²) in [5.74, 6) is -0.361. The van der Waals surface area contributed by atoms with Gasteiger partial charge >= 0.3 is 6.18 Å². The van der Waals surface area contributed by atoms with Crippen molar-refractivity contribution < 1.29 is 13.2 Å². The van der Waals surface area contributed by atoms with Crippen LogP contribution in [0.2, 0.25) is 0 Å². The number of aryl methyl sites for hydroxylation is 1. The summed E-state index contributed by atoms with van der Waals surface area (Å²) in [5, 5.41) is 9.83. The number of hydrogen-bond donors (Lipinski definition) is 2. The van der Waals surface area contributed by atoms with Crippen LogP contribution in [0.4, 0.5) is 30.8 Å². The van der Waals surface area contributed by atoms with Crippen LogP contribution in [-0.4, -0.2) is 29.7 Å². The summed E-state index contributed by atoms with van der Waals surface area (Å²) >= 11 is 1.02. The van der Waals surface area contributed by atoms with Gasteiger partial charge in [-0.3, -0.25) is 0 Å². The number of hydrogen-bond acceptors (Lipinski definition) is 8. The summed E-state index contributed by atoms with van der Waals surface area (Å²) < 4.78 is 39.2. The van der Waals surface area contributed by atoms with Gasteiger partial charge in [-0.2, -0.15) is 28.1 Å². The molecule has 0 aliphatic carbocycles. The molecule has 0 aliphatic heterocycles. The molecule has 8 nitrogen and oxygen atoms in total. The van der Waals surface area contributed by atoms with Gasteiger partial charge in [-0.25, -0.2) is 0 Å². The number of nitrogens with one attached hydrogen (secondary N) is 1. The molecule has 0 bridgehead atoms. The molecule has 27 heavy (non-hydrogen) atoms.